The molecular weight excluding hydrogens is 385 g/mol. The summed E-state index contributed by atoms with van der Waals surface area (Å²) in [5.41, 5.74) is 3.50. The first-order valence-electron chi connectivity index (χ1n) is 9.52. The van der Waals surface area contributed by atoms with E-state index in [1.54, 1.807) is 37.4 Å². The first-order chi connectivity index (χ1) is 14.5. The van der Waals surface area contributed by atoms with Gasteiger partial charge in [0.05, 0.1) is 12.2 Å². The molecule has 3 aromatic rings. The number of nitrogens with zero attached hydrogens (tertiary/aromatic N) is 3. The Kier molecular flexibility index (Phi) is 4.15. The molecule has 150 valence electrons. The molecule has 3 heterocycles. The summed E-state index contributed by atoms with van der Waals surface area (Å²) in [6.07, 6.45) is -0.691. The Balaban J connectivity index is 1.82. The van der Waals surface area contributed by atoms with Gasteiger partial charge in [-0.15, -0.1) is 0 Å². The van der Waals surface area contributed by atoms with Crippen LogP contribution < -0.4 is 4.90 Å². The van der Waals surface area contributed by atoms with Crippen molar-refractivity contribution < 1.29 is 18.7 Å². The number of halogens is 1. The number of imide groups is 1. The highest BCUT2D eigenvalue weighted by Gasteiger charge is 2.50. The number of methoxy groups -OCH3 is 1. The van der Waals surface area contributed by atoms with Crippen molar-refractivity contribution in [2.24, 2.45) is 0 Å². The van der Waals surface area contributed by atoms with E-state index in [2.05, 4.69) is 4.98 Å². The molecule has 0 fully saturated rings. The first-order valence-corrected chi connectivity index (χ1v) is 9.52. The molecule has 0 saturated carbocycles. The number of fused-ring (bicyclic) bond motifs is 4. The summed E-state index contributed by atoms with van der Waals surface area (Å²) in [5, 5.41) is 0. The standard InChI is InChI=1S/C23H18FN3O3/c1-13-11-14(12-30-2)19-20(25-13)26(16-9-7-15(24)8-10-16)21-17-5-3-4-6-18(17)22(28)27(21)23(19)29/h3-11,21H,12H2,1-2H3. The molecule has 2 amide bonds. The van der Waals surface area contributed by atoms with Crippen LogP contribution in [0.5, 0.6) is 0 Å². The second-order valence-electron chi connectivity index (χ2n) is 7.34. The molecule has 5 rings (SSSR count). The lowest BCUT2D eigenvalue weighted by atomic mass is 10.0. The fraction of sp³-hybridized carbons (Fsp3) is 0.174. The maximum Gasteiger partial charge on any atom is 0.266 e. The number of carbonyl (C=O) groups excluding carboxylic acids is 2. The maximum atomic E-state index is 13.6. The van der Waals surface area contributed by atoms with E-state index in [0.29, 0.717) is 39.5 Å². The summed E-state index contributed by atoms with van der Waals surface area (Å²) < 4.78 is 18.9. The van der Waals surface area contributed by atoms with Gasteiger partial charge < -0.3 is 4.74 Å². The molecule has 0 bridgehead atoms. The van der Waals surface area contributed by atoms with Crippen molar-refractivity contribution >= 4 is 23.3 Å². The van der Waals surface area contributed by atoms with Gasteiger partial charge in [0.25, 0.3) is 11.8 Å². The molecule has 6 nitrogen and oxygen atoms in total. The quantitative estimate of drug-likeness (QED) is 0.616. The first kappa shape index (κ1) is 18.4. The lowest BCUT2D eigenvalue weighted by Crippen LogP contribution is -2.47. The van der Waals surface area contributed by atoms with Crippen LogP contribution in [-0.4, -0.2) is 28.8 Å². The van der Waals surface area contributed by atoms with Gasteiger partial charge in [0.15, 0.2) is 0 Å². The van der Waals surface area contributed by atoms with Crippen molar-refractivity contribution in [1.29, 1.82) is 0 Å². The van der Waals surface area contributed by atoms with Crippen molar-refractivity contribution in [3.05, 3.63) is 88.4 Å². The molecule has 2 aliphatic rings. The highest BCUT2D eigenvalue weighted by atomic mass is 19.1. The van der Waals surface area contributed by atoms with Crippen molar-refractivity contribution in [3.8, 4) is 0 Å². The van der Waals surface area contributed by atoms with Gasteiger partial charge in [-0.3, -0.25) is 14.5 Å². The van der Waals surface area contributed by atoms with E-state index in [1.807, 2.05) is 24.0 Å². The van der Waals surface area contributed by atoms with Crippen LogP contribution >= 0.6 is 0 Å². The summed E-state index contributed by atoms with van der Waals surface area (Å²) in [5.74, 6) is -0.704. The van der Waals surface area contributed by atoms with Crippen molar-refractivity contribution in [3.63, 3.8) is 0 Å². The lowest BCUT2D eigenvalue weighted by molar-refractivity contribution is 0.0564. The SMILES string of the molecule is COCc1cc(C)nc2c1C(=O)N1C(=O)c3ccccc3C1N2c1ccc(F)cc1. The summed E-state index contributed by atoms with van der Waals surface area (Å²) >= 11 is 0. The van der Waals surface area contributed by atoms with Gasteiger partial charge in [-0.25, -0.2) is 14.3 Å². The zero-order valence-corrected chi connectivity index (χ0v) is 16.4. The van der Waals surface area contributed by atoms with Crippen molar-refractivity contribution in [2.45, 2.75) is 19.7 Å². The van der Waals surface area contributed by atoms with Crippen LogP contribution in [0.1, 0.15) is 43.7 Å². The monoisotopic (exact) mass is 403 g/mol. The van der Waals surface area contributed by atoms with Crippen LogP contribution in [0.25, 0.3) is 0 Å². The molecule has 0 aliphatic carbocycles. The predicted molar refractivity (Wildman–Crippen MR) is 108 cm³/mol. The third-order valence-corrected chi connectivity index (χ3v) is 5.45. The average Bonchev–Trinajstić information content (AvgIpc) is 3.02. The van der Waals surface area contributed by atoms with Crippen molar-refractivity contribution in [2.75, 3.05) is 12.0 Å². The van der Waals surface area contributed by atoms with E-state index in [4.69, 9.17) is 4.74 Å². The minimum Gasteiger partial charge on any atom is -0.380 e. The Morgan fingerprint density at radius 3 is 2.50 bits per heavy atom. The molecule has 0 N–H and O–H groups in total. The molecule has 1 aromatic heterocycles. The van der Waals surface area contributed by atoms with Gasteiger partial charge in [-0.2, -0.15) is 0 Å². The largest absolute Gasteiger partial charge is 0.380 e. The number of benzene rings is 2. The van der Waals surface area contributed by atoms with Gasteiger partial charge in [0.1, 0.15) is 17.8 Å². The van der Waals surface area contributed by atoms with Crippen LogP contribution in [0.3, 0.4) is 0 Å². The summed E-state index contributed by atoms with van der Waals surface area (Å²) in [6, 6.07) is 14.9. The number of aromatic nitrogens is 1. The number of hydrogen-bond donors (Lipinski definition) is 0. The smallest absolute Gasteiger partial charge is 0.266 e. The van der Waals surface area contributed by atoms with Crippen LogP contribution in [0.15, 0.2) is 54.6 Å². The van der Waals surface area contributed by atoms with Gasteiger partial charge >= 0.3 is 0 Å². The second-order valence-corrected chi connectivity index (χ2v) is 7.34. The summed E-state index contributed by atoms with van der Waals surface area (Å²) in [6.45, 7) is 2.04. The van der Waals surface area contributed by atoms with E-state index in [9.17, 15) is 14.0 Å². The Morgan fingerprint density at radius 2 is 1.77 bits per heavy atom. The fourth-order valence-corrected chi connectivity index (χ4v) is 4.26. The van der Waals surface area contributed by atoms with E-state index in [1.165, 1.54) is 17.0 Å². The molecule has 7 heteroatoms. The molecule has 30 heavy (non-hydrogen) atoms. The average molecular weight is 403 g/mol. The van der Waals surface area contributed by atoms with E-state index < -0.39 is 12.1 Å². The molecule has 0 spiro atoms. The molecule has 0 radical (unpaired) electrons. The zero-order valence-electron chi connectivity index (χ0n) is 16.4. The Bertz CT molecular complexity index is 1190. The number of aryl methyl sites for hydroxylation is 1. The Labute approximate surface area is 172 Å². The summed E-state index contributed by atoms with van der Waals surface area (Å²) in [4.78, 5) is 34.5. The topological polar surface area (TPSA) is 62.7 Å². The highest BCUT2D eigenvalue weighted by molar-refractivity contribution is 6.17. The van der Waals surface area contributed by atoms with E-state index in [0.717, 1.165) is 0 Å². The number of ether oxygens (including phenoxy) is 1. The van der Waals surface area contributed by atoms with Crippen LogP contribution in [-0.2, 0) is 11.3 Å². The molecular formula is C23H18FN3O3. The number of amides is 2. The van der Waals surface area contributed by atoms with Gasteiger partial charge in [0.2, 0.25) is 0 Å². The van der Waals surface area contributed by atoms with Crippen LogP contribution in [0, 0.1) is 12.7 Å². The van der Waals surface area contributed by atoms with Crippen LogP contribution in [0.2, 0.25) is 0 Å². The lowest BCUT2D eigenvalue weighted by Gasteiger charge is -2.41. The Morgan fingerprint density at radius 1 is 1.03 bits per heavy atom. The van der Waals surface area contributed by atoms with E-state index in [-0.39, 0.29) is 18.3 Å². The van der Waals surface area contributed by atoms with E-state index >= 15 is 0 Å². The number of carbonyl (C=O) groups is 2. The number of anilines is 2. The summed E-state index contributed by atoms with van der Waals surface area (Å²) in [7, 11) is 1.55. The second kappa shape index (κ2) is 6.74. The third-order valence-electron chi connectivity index (χ3n) is 5.45. The normalized spacial score (nSPS) is 17.1. The van der Waals surface area contributed by atoms with Gasteiger partial charge in [-0.05, 0) is 48.9 Å². The predicted octanol–water partition coefficient (Wildman–Crippen LogP) is 4.12. The highest BCUT2D eigenvalue weighted by Crippen LogP contribution is 2.48. The molecule has 2 aliphatic heterocycles. The van der Waals surface area contributed by atoms with Crippen molar-refractivity contribution in [1.82, 2.24) is 9.88 Å². The van der Waals surface area contributed by atoms with Gasteiger partial charge in [-0.1, -0.05) is 18.2 Å². The number of hydrogen-bond acceptors (Lipinski definition) is 5. The minimum atomic E-state index is -0.691. The van der Waals surface area contributed by atoms with Gasteiger partial charge in [0, 0.05) is 29.6 Å². The fourth-order valence-electron chi connectivity index (χ4n) is 4.26. The molecule has 2 aromatic carbocycles. The minimum absolute atomic E-state index is 0.203. The number of pyridine rings is 1. The molecule has 1 atom stereocenters. The van der Waals surface area contributed by atoms with Crippen LogP contribution in [0.4, 0.5) is 15.9 Å². The molecule has 0 saturated heterocycles. The maximum absolute atomic E-state index is 13.6. The molecule has 1 unspecified atom stereocenters. The Hall–Kier alpha value is -3.58. The third kappa shape index (κ3) is 2.55. The zero-order chi connectivity index (χ0) is 21.0. The number of rotatable bonds is 3.